The van der Waals surface area contributed by atoms with E-state index in [9.17, 15) is 14.0 Å². The molecule has 0 bridgehead atoms. The molecule has 0 saturated heterocycles. The molecule has 0 radical (unpaired) electrons. The lowest BCUT2D eigenvalue weighted by Crippen LogP contribution is -2.27. The first kappa shape index (κ1) is 18.8. The highest BCUT2D eigenvalue weighted by Crippen LogP contribution is 2.22. The summed E-state index contributed by atoms with van der Waals surface area (Å²) in [7, 11) is 0. The number of aromatic nitrogens is 3. The standard InChI is InChI=1S/C18H16ClFN4O3/c1-10(2)17-22-18(27-23-17)11-6-7-15(26)24(8-11)9-14(25)21-13-5-3-4-12(19)16(13)20/h3-8,10H,9H2,1-2H3,(H,21,25). The van der Waals surface area contributed by atoms with Crippen LogP contribution in [-0.4, -0.2) is 20.6 Å². The molecule has 140 valence electrons. The summed E-state index contributed by atoms with van der Waals surface area (Å²) in [6.45, 7) is 3.54. The van der Waals surface area contributed by atoms with Crippen molar-refractivity contribution in [3.05, 3.63) is 63.5 Å². The van der Waals surface area contributed by atoms with Gasteiger partial charge >= 0.3 is 0 Å². The van der Waals surface area contributed by atoms with Gasteiger partial charge in [0.1, 0.15) is 6.54 Å². The number of amides is 1. The number of carbonyl (C=O) groups is 1. The van der Waals surface area contributed by atoms with Crippen molar-refractivity contribution in [2.24, 2.45) is 0 Å². The Bertz CT molecular complexity index is 1050. The number of hydrogen-bond donors (Lipinski definition) is 1. The highest BCUT2D eigenvalue weighted by atomic mass is 35.5. The van der Waals surface area contributed by atoms with Gasteiger partial charge in [0.05, 0.1) is 16.3 Å². The molecule has 0 fully saturated rings. The molecule has 0 aliphatic heterocycles. The quantitative estimate of drug-likeness (QED) is 0.720. The number of pyridine rings is 1. The normalized spacial score (nSPS) is 11.0. The number of benzene rings is 1. The smallest absolute Gasteiger partial charge is 0.259 e. The monoisotopic (exact) mass is 390 g/mol. The molecule has 0 unspecified atom stereocenters. The van der Waals surface area contributed by atoms with E-state index in [4.69, 9.17) is 16.1 Å². The lowest BCUT2D eigenvalue weighted by atomic mass is 10.2. The van der Waals surface area contributed by atoms with Gasteiger partial charge in [-0.15, -0.1) is 0 Å². The van der Waals surface area contributed by atoms with Crippen LogP contribution in [-0.2, 0) is 11.3 Å². The van der Waals surface area contributed by atoms with Crippen molar-refractivity contribution in [2.75, 3.05) is 5.32 Å². The molecule has 0 spiro atoms. The number of nitrogens with zero attached hydrogens (tertiary/aromatic N) is 3. The number of hydrogen-bond acceptors (Lipinski definition) is 5. The Morgan fingerprint density at radius 1 is 1.33 bits per heavy atom. The molecular weight excluding hydrogens is 375 g/mol. The Labute approximate surface area is 158 Å². The van der Waals surface area contributed by atoms with Crippen LogP contribution < -0.4 is 10.9 Å². The average molecular weight is 391 g/mol. The van der Waals surface area contributed by atoms with Crippen molar-refractivity contribution in [1.29, 1.82) is 0 Å². The van der Waals surface area contributed by atoms with Crippen molar-refractivity contribution in [1.82, 2.24) is 14.7 Å². The zero-order valence-electron chi connectivity index (χ0n) is 14.6. The molecule has 3 rings (SSSR count). The zero-order valence-corrected chi connectivity index (χ0v) is 15.3. The number of anilines is 1. The van der Waals surface area contributed by atoms with Crippen LogP contribution in [0.4, 0.5) is 10.1 Å². The minimum absolute atomic E-state index is 0.0600. The maximum absolute atomic E-state index is 13.9. The fourth-order valence-electron chi connectivity index (χ4n) is 2.31. The first-order chi connectivity index (χ1) is 12.8. The van der Waals surface area contributed by atoms with Gasteiger partial charge in [-0.2, -0.15) is 4.98 Å². The molecule has 27 heavy (non-hydrogen) atoms. The maximum atomic E-state index is 13.9. The van der Waals surface area contributed by atoms with E-state index in [0.717, 1.165) is 0 Å². The average Bonchev–Trinajstić information content (AvgIpc) is 3.11. The number of halogens is 2. The van der Waals surface area contributed by atoms with E-state index in [1.807, 2.05) is 13.8 Å². The third-order valence-corrected chi connectivity index (χ3v) is 4.02. The first-order valence-corrected chi connectivity index (χ1v) is 8.51. The summed E-state index contributed by atoms with van der Waals surface area (Å²) in [4.78, 5) is 28.5. The van der Waals surface area contributed by atoms with Crippen LogP contribution in [0.3, 0.4) is 0 Å². The molecule has 0 aliphatic carbocycles. The van der Waals surface area contributed by atoms with Crippen LogP contribution in [0.1, 0.15) is 25.6 Å². The van der Waals surface area contributed by atoms with E-state index in [1.54, 1.807) is 0 Å². The van der Waals surface area contributed by atoms with Gasteiger partial charge in [-0.3, -0.25) is 9.59 Å². The molecule has 1 aromatic carbocycles. The molecule has 3 aromatic rings. The second-order valence-electron chi connectivity index (χ2n) is 6.15. The minimum atomic E-state index is -0.735. The molecule has 7 nitrogen and oxygen atoms in total. The summed E-state index contributed by atoms with van der Waals surface area (Å²) in [5, 5.41) is 6.16. The van der Waals surface area contributed by atoms with Crippen molar-refractivity contribution >= 4 is 23.2 Å². The van der Waals surface area contributed by atoms with Gasteiger partial charge in [-0.05, 0) is 18.2 Å². The summed E-state index contributed by atoms with van der Waals surface area (Å²) in [5.41, 5.74) is 0.0370. The largest absolute Gasteiger partial charge is 0.334 e. The summed E-state index contributed by atoms with van der Waals surface area (Å²) in [6, 6.07) is 7.09. The highest BCUT2D eigenvalue weighted by Gasteiger charge is 2.14. The fraction of sp³-hybridized carbons (Fsp3) is 0.222. The summed E-state index contributed by atoms with van der Waals surface area (Å²) in [6.07, 6.45) is 1.44. The van der Waals surface area contributed by atoms with E-state index in [1.165, 1.54) is 41.1 Å². The van der Waals surface area contributed by atoms with Gasteiger partial charge in [-0.1, -0.05) is 36.7 Å². The third kappa shape index (κ3) is 4.22. The Hall–Kier alpha value is -3.00. The Morgan fingerprint density at radius 3 is 2.81 bits per heavy atom. The Morgan fingerprint density at radius 2 is 2.11 bits per heavy atom. The summed E-state index contributed by atoms with van der Waals surface area (Å²) < 4.78 is 20.3. The van der Waals surface area contributed by atoms with Crippen molar-refractivity contribution < 1.29 is 13.7 Å². The Balaban J connectivity index is 1.81. The molecule has 9 heteroatoms. The van der Waals surface area contributed by atoms with Gasteiger partial charge in [0.2, 0.25) is 5.91 Å². The van der Waals surface area contributed by atoms with Gasteiger partial charge in [0.15, 0.2) is 11.6 Å². The van der Waals surface area contributed by atoms with Crippen LogP contribution in [0.15, 0.2) is 45.8 Å². The van der Waals surface area contributed by atoms with Crippen molar-refractivity contribution in [3.8, 4) is 11.5 Å². The van der Waals surface area contributed by atoms with Gasteiger partial charge in [0.25, 0.3) is 11.4 Å². The number of nitrogens with one attached hydrogen (secondary N) is 1. The minimum Gasteiger partial charge on any atom is -0.334 e. The van der Waals surface area contributed by atoms with E-state index in [-0.39, 0.29) is 29.1 Å². The molecule has 1 N–H and O–H groups in total. The van der Waals surface area contributed by atoms with Gasteiger partial charge in [-0.25, -0.2) is 4.39 Å². The molecule has 0 aliphatic rings. The van der Waals surface area contributed by atoms with Gasteiger partial charge in [0, 0.05) is 18.2 Å². The highest BCUT2D eigenvalue weighted by molar-refractivity contribution is 6.31. The van der Waals surface area contributed by atoms with Crippen LogP contribution in [0.25, 0.3) is 11.5 Å². The van der Waals surface area contributed by atoms with Gasteiger partial charge < -0.3 is 14.4 Å². The predicted molar refractivity (Wildman–Crippen MR) is 98.1 cm³/mol. The summed E-state index contributed by atoms with van der Waals surface area (Å²) in [5.74, 6) is -0.443. The maximum Gasteiger partial charge on any atom is 0.259 e. The molecule has 0 saturated carbocycles. The van der Waals surface area contributed by atoms with E-state index in [2.05, 4.69) is 15.5 Å². The lowest BCUT2D eigenvalue weighted by Gasteiger charge is -2.09. The third-order valence-electron chi connectivity index (χ3n) is 3.73. The zero-order chi connectivity index (χ0) is 19.6. The number of rotatable bonds is 5. The van der Waals surface area contributed by atoms with E-state index >= 15 is 0 Å². The fourth-order valence-corrected chi connectivity index (χ4v) is 2.49. The van der Waals surface area contributed by atoms with Crippen LogP contribution in [0, 0.1) is 5.82 Å². The van der Waals surface area contributed by atoms with Crippen LogP contribution >= 0.6 is 11.6 Å². The SMILES string of the molecule is CC(C)c1noc(-c2ccc(=O)n(CC(=O)Nc3cccc(Cl)c3F)c2)n1. The van der Waals surface area contributed by atoms with E-state index < -0.39 is 17.3 Å². The lowest BCUT2D eigenvalue weighted by molar-refractivity contribution is -0.116. The topological polar surface area (TPSA) is 90.0 Å². The molecule has 1 amide bonds. The molecule has 2 aromatic heterocycles. The first-order valence-electron chi connectivity index (χ1n) is 8.13. The Kier molecular flexibility index (Phi) is 5.36. The summed E-state index contributed by atoms with van der Waals surface area (Å²) >= 11 is 5.69. The van der Waals surface area contributed by atoms with E-state index in [0.29, 0.717) is 11.4 Å². The molecule has 2 heterocycles. The number of carbonyl (C=O) groups excluding carboxylic acids is 1. The molecule has 0 atom stereocenters. The van der Waals surface area contributed by atoms with Crippen molar-refractivity contribution in [3.63, 3.8) is 0 Å². The predicted octanol–water partition coefficient (Wildman–Crippen LogP) is 3.45. The second kappa shape index (κ2) is 7.71. The van der Waals surface area contributed by atoms with Crippen LogP contribution in [0.2, 0.25) is 5.02 Å². The second-order valence-corrected chi connectivity index (χ2v) is 6.55. The van der Waals surface area contributed by atoms with Crippen LogP contribution in [0.5, 0.6) is 0 Å². The molecular formula is C18H16ClFN4O3. The van der Waals surface area contributed by atoms with Crippen molar-refractivity contribution in [2.45, 2.75) is 26.3 Å².